The number of nitrogens with one attached hydrogen (secondary N) is 1. The van der Waals surface area contributed by atoms with Crippen molar-refractivity contribution in [2.24, 2.45) is 0 Å². The van der Waals surface area contributed by atoms with Crippen LogP contribution >= 0.6 is 23.2 Å². The highest BCUT2D eigenvalue weighted by Crippen LogP contribution is 2.34. The zero-order chi connectivity index (χ0) is 35.9. The summed E-state index contributed by atoms with van der Waals surface area (Å²) in [5.74, 6) is -0.441. The minimum Gasteiger partial charge on any atom is -0.493 e. The molecule has 0 heterocycles. The van der Waals surface area contributed by atoms with Gasteiger partial charge in [-0.05, 0) is 69.7 Å². The van der Waals surface area contributed by atoms with Crippen molar-refractivity contribution in [3.05, 3.63) is 118 Å². The van der Waals surface area contributed by atoms with Gasteiger partial charge in [0.05, 0.1) is 24.8 Å². The number of hydrogen-bond donors (Lipinski definition) is 1. The molecule has 4 aromatic carbocycles. The molecule has 2 amide bonds. The average Bonchev–Trinajstić information content (AvgIpc) is 3.05. The number of amides is 2. The first-order valence-electron chi connectivity index (χ1n) is 15.5. The van der Waals surface area contributed by atoms with Gasteiger partial charge in [-0.15, -0.1) is 0 Å². The molecule has 0 saturated carbocycles. The van der Waals surface area contributed by atoms with Crippen LogP contribution in [0.25, 0.3) is 0 Å². The van der Waals surface area contributed by atoms with Crippen molar-refractivity contribution in [2.45, 2.75) is 57.1 Å². The summed E-state index contributed by atoms with van der Waals surface area (Å²) >= 11 is 13.2. The van der Waals surface area contributed by atoms with E-state index in [1.807, 2.05) is 58.0 Å². The SMILES string of the molecule is COc1ccc(N(CC(=O)N(Cc2c(Cl)cccc2Cl)C(Cc2ccccc2)C(=O)NC(C)(C)C)S(=O)(=O)c2ccc(C)cc2)cc1OC. The zero-order valence-corrected chi connectivity index (χ0v) is 30.7. The zero-order valence-electron chi connectivity index (χ0n) is 28.4. The lowest BCUT2D eigenvalue weighted by Gasteiger charge is -2.35. The Bertz CT molecular complexity index is 1860. The van der Waals surface area contributed by atoms with Gasteiger partial charge in [-0.3, -0.25) is 13.9 Å². The Hall–Kier alpha value is -4.25. The number of carbonyl (C=O) groups is 2. The molecule has 0 spiro atoms. The molecule has 0 aliphatic heterocycles. The second kappa shape index (κ2) is 16.0. The van der Waals surface area contributed by atoms with Crippen molar-refractivity contribution in [2.75, 3.05) is 25.1 Å². The molecule has 0 saturated heterocycles. The van der Waals surface area contributed by atoms with Crippen molar-refractivity contribution in [3.8, 4) is 11.5 Å². The average molecular weight is 727 g/mol. The van der Waals surface area contributed by atoms with Crippen molar-refractivity contribution < 1.29 is 27.5 Å². The number of anilines is 1. The number of sulfonamides is 1. The predicted octanol–water partition coefficient (Wildman–Crippen LogP) is 7.07. The number of carbonyl (C=O) groups excluding carboxylic acids is 2. The lowest BCUT2D eigenvalue weighted by atomic mass is 10.0. The van der Waals surface area contributed by atoms with E-state index in [9.17, 15) is 18.0 Å². The van der Waals surface area contributed by atoms with E-state index in [1.54, 1.807) is 36.4 Å². The fourth-order valence-corrected chi connectivity index (χ4v) is 7.13. The van der Waals surface area contributed by atoms with E-state index in [-0.39, 0.29) is 29.3 Å². The second-order valence-electron chi connectivity index (χ2n) is 12.5. The first-order valence-corrected chi connectivity index (χ1v) is 17.7. The molecule has 0 fully saturated rings. The minimum atomic E-state index is -4.33. The van der Waals surface area contributed by atoms with E-state index in [4.69, 9.17) is 32.7 Å². The Morgan fingerprint density at radius 1 is 0.837 bits per heavy atom. The predicted molar refractivity (Wildman–Crippen MR) is 194 cm³/mol. The Kier molecular flexibility index (Phi) is 12.2. The lowest BCUT2D eigenvalue weighted by molar-refractivity contribution is -0.140. The lowest BCUT2D eigenvalue weighted by Crippen LogP contribution is -2.56. The van der Waals surface area contributed by atoms with Gasteiger partial charge in [0.2, 0.25) is 11.8 Å². The van der Waals surface area contributed by atoms with Gasteiger partial charge >= 0.3 is 0 Å². The number of rotatable bonds is 13. The smallest absolute Gasteiger partial charge is 0.264 e. The van der Waals surface area contributed by atoms with Gasteiger partial charge in [0.15, 0.2) is 11.5 Å². The third-order valence-electron chi connectivity index (χ3n) is 7.70. The third-order valence-corrected chi connectivity index (χ3v) is 10.2. The quantitative estimate of drug-likeness (QED) is 0.158. The van der Waals surface area contributed by atoms with Crippen molar-refractivity contribution in [1.29, 1.82) is 0 Å². The molecule has 260 valence electrons. The Balaban J connectivity index is 1.89. The Labute approximate surface area is 298 Å². The van der Waals surface area contributed by atoms with Crippen LogP contribution in [0, 0.1) is 6.92 Å². The largest absolute Gasteiger partial charge is 0.493 e. The maximum Gasteiger partial charge on any atom is 0.264 e. The van der Waals surface area contributed by atoms with E-state index < -0.39 is 40.0 Å². The summed E-state index contributed by atoms with van der Waals surface area (Å²) in [6.07, 6.45) is 0.137. The highest BCUT2D eigenvalue weighted by molar-refractivity contribution is 7.92. The summed E-state index contributed by atoms with van der Waals surface area (Å²) in [7, 11) is -1.43. The summed E-state index contributed by atoms with van der Waals surface area (Å²) in [5.41, 5.74) is 1.59. The van der Waals surface area contributed by atoms with Gasteiger partial charge in [-0.25, -0.2) is 8.42 Å². The molecular weight excluding hydrogens is 685 g/mol. The van der Waals surface area contributed by atoms with Crippen LogP contribution in [0.3, 0.4) is 0 Å². The summed E-state index contributed by atoms with van der Waals surface area (Å²) in [6, 6.07) is 24.1. The van der Waals surface area contributed by atoms with E-state index in [2.05, 4.69) is 5.32 Å². The summed E-state index contributed by atoms with van der Waals surface area (Å²) < 4.78 is 40.6. The van der Waals surface area contributed by atoms with Gasteiger partial charge in [0.1, 0.15) is 12.6 Å². The van der Waals surface area contributed by atoms with Crippen LogP contribution in [0.1, 0.15) is 37.5 Å². The van der Waals surface area contributed by atoms with Crippen LogP contribution in [0.4, 0.5) is 5.69 Å². The van der Waals surface area contributed by atoms with Crippen molar-refractivity contribution >= 4 is 50.7 Å². The molecule has 12 heteroatoms. The first-order chi connectivity index (χ1) is 23.1. The van der Waals surface area contributed by atoms with Gasteiger partial charge < -0.3 is 19.7 Å². The fraction of sp³-hybridized carbons (Fsp3) is 0.297. The van der Waals surface area contributed by atoms with Crippen LogP contribution in [-0.4, -0.2) is 57.5 Å². The molecule has 49 heavy (non-hydrogen) atoms. The van der Waals surface area contributed by atoms with Gasteiger partial charge in [0, 0.05) is 40.2 Å². The van der Waals surface area contributed by atoms with Crippen LogP contribution in [0.2, 0.25) is 10.0 Å². The molecular formula is C37H41Cl2N3O6S. The number of halogens is 2. The standard InChI is InChI=1S/C37H41Cl2N3O6S/c1-25-15-18-28(19-16-25)49(45,46)42(27-17-20-33(47-5)34(22-27)48-6)24-35(43)41(23-29-30(38)13-10-14-31(29)39)32(36(44)40-37(2,3)4)21-26-11-8-7-9-12-26/h7-20,22,32H,21,23-24H2,1-6H3,(H,40,44). The fourth-order valence-electron chi connectivity index (χ4n) is 5.21. The summed E-state index contributed by atoms with van der Waals surface area (Å²) in [6.45, 7) is 6.54. The van der Waals surface area contributed by atoms with Crippen LogP contribution in [-0.2, 0) is 32.6 Å². The van der Waals surface area contributed by atoms with E-state index in [0.717, 1.165) is 15.4 Å². The molecule has 1 N–H and O–H groups in total. The number of aryl methyl sites for hydroxylation is 1. The Morgan fingerprint density at radius 3 is 2.02 bits per heavy atom. The van der Waals surface area contributed by atoms with E-state index in [0.29, 0.717) is 21.4 Å². The summed E-state index contributed by atoms with van der Waals surface area (Å²) in [5, 5.41) is 3.59. The number of ether oxygens (including phenoxy) is 2. The molecule has 9 nitrogen and oxygen atoms in total. The van der Waals surface area contributed by atoms with Crippen LogP contribution in [0.15, 0.2) is 95.9 Å². The highest BCUT2D eigenvalue weighted by atomic mass is 35.5. The third kappa shape index (κ3) is 9.47. The van der Waals surface area contributed by atoms with E-state index >= 15 is 0 Å². The molecule has 0 aliphatic carbocycles. The topological polar surface area (TPSA) is 105 Å². The van der Waals surface area contributed by atoms with Gasteiger partial charge in [-0.2, -0.15) is 0 Å². The number of nitrogens with zero attached hydrogens (tertiary/aromatic N) is 2. The molecule has 0 aromatic heterocycles. The molecule has 0 bridgehead atoms. The number of methoxy groups -OCH3 is 2. The van der Waals surface area contributed by atoms with E-state index in [1.165, 1.54) is 43.4 Å². The molecule has 4 aromatic rings. The van der Waals surface area contributed by atoms with Crippen LogP contribution < -0.4 is 19.1 Å². The minimum absolute atomic E-state index is 0.0207. The molecule has 1 unspecified atom stereocenters. The van der Waals surface area contributed by atoms with Gasteiger partial charge in [-0.1, -0.05) is 77.3 Å². The molecule has 0 radical (unpaired) electrons. The molecule has 4 rings (SSSR count). The second-order valence-corrected chi connectivity index (χ2v) is 15.2. The first kappa shape index (κ1) is 37.6. The van der Waals surface area contributed by atoms with Crippen molar-refractivity contribution in [3.63, 3.8) is 0 Å². The number of hydrogen-bond acceptors (Lipinski definition) is 6. The van der Waals surface area contributed by atoms with Gasteiger partial charge in [0.25, 0.3) is 10.0 Å². The number of benzene rings is 4. The maximum atomic E-state index is 14.8. The monoisotopic (exact) mass is 725 g/mol. The van der Waals surface area contributed by atoms with Crippen LogP contribution in [0.5, 0.6) is 11.5 Å². The van der Waals surface area contributed by atoms with Crippen molar-refractivity contribution in [1.82, 2.24) is 10.2 Å². The highest BCUT2D eigenvalue weighted by Gasteiger charge is 2.36. The molecule has 1 atom stereocenters. The Morgan fingerprint density at radius 2 is 1.45 bits per heavy atom. The maximum absolute atomic E-state index is 14.8. The molecule has 0 aliphatic rings. The summed E-state index contributed by atoms with van der Waals surface area (Å²) in [4.78, 5) is 30.2. The normalized spacial score (nSPS) is 12.2.